The molecule has 1 saturated heterocycles. The SMILES string of the molecule is CC(C)N[C@H]1CS(=O)(=O)C[C@@H]1S(=O)(=O)c1ccc(C(C)C)cc1. The second kappa shape index (κ2) is 6.53. The van der Waals surface area contributed by atoms with E-state index in [2.05, 4.69) is 5.32 Å². The minimum atomic E-state index is -3.69. The van der Waals surface area contributed by atoms with Crippen molar-refractivity contribution in [2.75, 3.05) is 11.5 Å². The molecule has 2 rings (SSSR count). The molecule has 1 N–H and O–H groups in total. The van der Waals surface area contributed by atoms with Crippen LogP contribution < -0.4 is 5.32 Å². The molecular weight excluding hydrogens is 334 g/mol. The van der Waals surface area contributed by atoms with Crippen LogP contribution in [0.3, 0.4) is 0 Å². The van der Waals surface area contributed by atoms with Crippen molar-refractivity contribution in [2.45, 2.75) is 55.8 Å². The van der Waals surface area contributed by atoms with E-state index in [1.807, 2.05) is 27.7 Å². The lowest BCUT2D eigenvalue weighted by atomic mass is 10.0. The van der Waals surface area contributed by atoms with Crippen molar-refractivity contribution in [1.82, 2.24) is 5.32 Å². The summed E-state index contributed by atoms with van der Waals surface area (Å²) in [6, 6.07) is 6.23. The van der Waals surface area contributed by atoms with Gasteiger partial charge in [-0.25, -0.2) is 16.8 Å². The molecule has 23 heavy (non-hydrogen) atoms. The minimum Gasteiger partial charge on any atom is -0.309 e. The highest BCUT2D eigenvalue weighted by Gasteiger charge is 2.45. The highest BCUT2D eigenvalue weighted by atomic mass is 32.2. The van der Waals surface area contributed by atoms with Crippen LogP contribution in [0.2, 0.25) is 0 Å². The summed E-state index contributed by atoms with van der Waals surface area (Å²) < 4.78 is 49.7. The van der Waals surface area contributed by atoms with E-state index in [4.69, 9.17) is 0 Å². The normalized spacial score (nSPS) is 24.4. The van der Waals surface area contributed by atoms with Gasteiger partial charge < -0.3 is 5.32 Å². The van der Waals surface area contributed by atoms with Crippen LogP contribution in [0.5, 0.6) is 0 Å². The van der Waals surface area contributed by atoms with Crippen molar-refractivity contribution in [3.8, 4) is 0 Å². The largest absolute Gasteiger partial charge is 0.309 e. The zero-order valence-corrected chi connectivity index (χ0v) is 15.6. The summed E-state index contributed by atoms with van der Waals surface area (Å²) in [5.74, 6) is -0.126. The Bertz CT molecular complexity index is 750. The van der Waals surface area contributed by atoms with Crippen LogP contribution in [0.15, 0.2) is 29.2 Å². The molecule has 1 aliphatic rings. The predicted octanol–water partition coefficient (Wildman–Crippen LogP) is 1.75. The van der Waals surface area contributed by atoms with Gasteiger partial charge in [-0.3, -0.25) is 0 Å². The van der Waals surface area contributed by atoms with Gasteiger partial charge in [-0.2, -0.15) is 0 Å². The fraction of sp³-hybridized carbons (Fsp3) is 0.625. The molecule has 0 aromatic heterocycles. The van der Waals surface area contributed by atoms with Gasteiger partial charge in [-0.15, -0.1) is 0 Å². The van der Waals surface area contributed by atoms with E-state index < -0.39 is 31.0 Å². The molecule has 0 aliphatic carbocycles. The number of benzene rings is 1. The van der Waals surface area contributed by atoms with Gasteiger partial charge in [0, 0.05) is 12.1 Å². The molecule has 0 bridgehead atoms. The Morgan fingerprint density at radius 3 is 2.09 bits per heavy atom. The van der Waals surface area contributed by atoms with Crippen LogP contribution in [-0.2, 0) is 19.7 Å². The second-order valence-electron chi connectivity index (χ2n) is 6.81. The lowest BCUT2D eigenvalue weighted by Gasteiger charge is -2.22. The number of nitrogens with one attached hydrogen (secondary N) is 1. The summed E-state index contributed by atoms with van der Waals surface area (Å²) in [7, 11) is -7.03. The first-order valence-electron chi connectivity index (χ1n) is 7.83. The third-order valence-electron chi connectivity index (χ3n) is 4.12. The zero-order valence-electron chi connectivity index (χ0n) is 14.0. The summed E-state index contributed by atoms with van der Waals surface area (Å²) in [6.45, 7) is 7.84. The van der Waals surface area contributed by atoms with Gasteiger partial charge >= 0.3 is 0 Å². The summed E-state index contributed by atoms with van der Waals surface area (Å²) in [5.41, 5.74) is 1.06. The van der Waals surface area contributed by atoms with Gasteiger partial charge in [-0.05, 0) is 23.6 Å². The molecule has 0 saturated carbocycles. The number of sulfone groups is 2. The maximum Gasteiger partial charge on any atom is 0.183 e. The number of rotatable bonds is 5. The van der Waals surface area contributed by atoms with Crippen LogP contribution in [0.25, 0.3) is 0 Å². The third-order valence-corrected chi connectivity index (χ3v) is 8.29. The maximum atomic E-state index is 12.9. The lowest BCUT2D eigenvalue weighted by molar-refractivity contribution is 0.484. The third kappa shape index (κ3) is 4.14. The van der Waals surface area contributed by atoms with Crippen molar-refractivity contribution in [3.63, 3.8) is 0 Å². The fourth-order valence-electron chi connectivity index (χ4n) is 2.92. The lowest BCUT2D eigenvalue weighted by Crippen LogP contribution is -2.46. The molecule has 5 nitrogen and oxygen atoms in total. The molecule has 0 spiro atoms. The molecule has 0 amide bonds. The summed E-state index contributed by atoms with van der Waals surface area (Å²) in [4.78, 5) is 0.194. The first kappa shape index (κ1) is 18.4. The van der Waals surface area contributed by atoms with Crippen molar-refractivity contribution in [1.29, 1.82) is 0 Å². The maximum absolute atomic E-state index is 12.9. The zero-order chi connectivity index (χ0) is 17.4. The summed E-state index contributed by atoms with van der Waals surface area (Å²) >= 11 is 0. The Labute approximate surface area is 139 Å². The van der Waals surface area contributed by atoms with Crippen LogP contribution in [-0.4, -0.2) is 45.7 Å². The number of hydrogen-bond acceptors (Lipinski definition) is 5. The first-order chi connectivity index (χ1) is 10.5. The topological polar surface area (TPSA) is 80.3 Å². The van der Waals surface area contributed by atoms with Crippen molar-refractivity contribution >= 4 is 19.7 Å². The molecule has 7 heteroatoms. The van der Waals surface area contributed by atoms with E-state index in [-0.39, 0.29) is 22.4 Å². The van der Waals surface area contributed by atoms with Crippen molar-refractivity contribution in [3.05, 3.63) is 29.8 Å². The summed E-state index contributed by atoms with van der Waals surface area (Å²) in [6.07, 6.45) is 0. The highest BCUT2D eigenvalue weighted by Crippen LogP contribution is 2.27. The molecule has 0 radical (unpaired) electrons. The molecule has 1 aromatic carbocycles. The van der Waals surface area contributed by atoms with E-state index in [0.29, 0.717) is 5.92 Å². The quantitative estimate of drug-likeness (QED) is 0.866. The smallest absolute Gasteiger partial charge is 0.183 e. The Morgan fingerprint density at radius 1 is 1.04 bits per heavy atom. The van der Waals surface area contributed by atoms with Crippen molar-refractivity contribution in [2.24, 2.45) is 0 Å². The van der Waals surface area contributed by atoms with Gasteiger partial charge in [0.1, 0.15) is 0 Å². The average molecular weight is 360 g/mol. The Kier molecular flexibility index (Phi) is 5.23. The highest BCUT2D eigenvalue weighted by molar-refractivity contribution is 7.96. The standard InChI is InChI=1S/C16H25NO4S2/c1-11(2)13-5-7-14(8-6-13)23(20,21)16-10-22(18,19)9-15(16)17-12(3)4/h5-8,11-12,15-17H,9-10H2,1-4H3/t15-,16-/m0/s1. The molecule has 2 atom stereocenters. The van der Waals surface area contributed by atoms with E-state index >= 15 is 0 Å². The first-order valence-corrected chi connectivity index (χ1v) is 11.2. The average Bonchev–Trinajstić information content (AvgIpc) is 2.73. The van der Waals surface area contributed by atoms with Gasteiger partial charge in [0.05, 0.1) is 21.7 Å². The summed E-state index contributed by atoms with van der Waals surface area (Å²) in [5, 5.41) is 2.16. The molecule has 130 valence electrons. The van der Waals surface area contributed by atoms with Crippen LogP contribution in [0.4, 0.5) is 0 Å². The Morgan fingerprint density at radius 2 is 1.61 bits per heavy atom. The van der Waals surface area contributed by atoms with Gasteiger partial charge in [-0.1, -0.05) is 39.8 Å². The minimum absolute atomic E-state index is 0.0225. The van der Waals surface area contributed by atoms with E-state index in [0.717, 1.165) is 5.56 Å². The van der Waals surface area contributed by atoms with Crippen molar-refractivity contribution < 1.29 is 16.8 Å². The van der Waals surface area contributed by atoms with E-state index in [1.54, 1.807) is 24.3 Å². The molecule has 1 aliphatic heterocycles. The molecule has 1 fully saturated rings. The van der Waals surface area contributed by atoms with Gasteiger partial charge in [0.15, 0.2) is 19.7 Å². The monoisotopic (exact) mass is 359 g/mol. The van der Waals surface area contributed by atoms with Gasteiger partial charge in [0.2, 0.25) is 0 Å². The van der Waals surface area contributed by atoms with Crippen LogP contribution in [0, 0.1) is 0 Å². The Hall–Kier alpha value is -0.920. The molecule has 1 heterocycles. The van der Waals surface area contributed by atoms with Gasteiger partial charge in [0.25, 0.3) is 0 Å². The second-order valence-corrected chi connectivity index (χ2v) is 11.1. The van der Waals surface area contributed by atoms with Crippen LogP contribution >= 0.6 is 0 Å². The fourth-order valence-corrected chi connectivity index (χ4v) is 7.60. The van der Waals surface area contributed by atoms with E-state index in [9.17, 15) is 16.8 Å². The molecule has 0 unspecified atom stereocenters. The van der Waals surface area contributed by atoms with Crippen LogP contribution in [0.1, 0.15) is 39.2 Å². The predicted molar refractivity (Wildman–Crippen MR) is 92.2 cm³/mol. The number of hydrogen-bond donors (Lipinski definition) is 1. The molecular formula is C16H25NO4S2. The van der Waals surface area contributed by atoms with E-state index in [1.165, 1.54) is 0 Å². The molecule has 1 aromatic rings. The Balaban J connectivity index is 2.36.